The van der Waals surface area contributed by atoms with Gasteiger partial charge in [0.25, 0.3) is 0 Å². The highest BCUT2D eigenvalue weighted by Gasteiger charge is 2.23. The number of fused-ring (bicyclic) bond motifs is 10. The second-order valence-electron chi connectivity index (χ2n) is 17.2. The highest BCUT2D eigenvalue weighted by molar-refractivity contribution is 6.15. The van der Waals surface area contributed by atoms with E-state index in [2.05, 4.69) is 215 Å². The summed E-state index contributed by atoms with van der Waals surface area (Å²) in [6, 6.07) is 79.2. The average molecular weight is 856 g/mol. The average Bonchev–Trinajstić information content (AvgIpc) is 4.05. The molecule has 6 heteroatoms. The highest BCUT2D eigenvalue weighted by Crippen LogP contribution is 2.42. The first kappa shape index (κ1) is 37.3. The van der Waals surface area contributed by atoms with Gasteiger partial charge < -0.3 is 13.6 Å². The summed E-state index contributed by atoms with van der Waals surface area (Å²) in [5.41, 5.74) is 12.8. The Morgan fingerprint density at radius 3 is 1.63 bits per heavy atom. The fourth-order valence-electron chi connectivity index (χ4n) is 10.2. The van der Waals surface area contributed by atoms with E-state index >= 15 is 0 Å². The molecule has 67 heavy (non-hydrogen) atoms. The van der Waals surface area contributed by atoms with Crippen LogP contribution in [0.25, 0.3) is 133 Å². The lowest BCUT2D eigenvalue weighted by Gasteiger charge is -2.13. The molecule has 0 saturated heterocycles. The van der Waals surface area contributed by atoms with Gasteiger partial charge in [0.15, 0.2) is 17.5 Å². The maximum atomic E-state index is 6.85. The molecule has 14 rings (SSSR count). The van der Waals surface area contributed by atoms with Crippen molar-refractivity contribution in [3.8, 4) is 56.7 Å². The third-order valence-corrected chi connectivity index (χ3v) is 13.3. The molecule has 0 amide bonds. The summed E-state index contributed by atoms with van der Waals surface area (Å²) >= 11 is 0. The monoisotopic (exact) mass is 855 g/mol. The molecule has 4 aromatic heterocycles. The molecule has 0 radical (unpaired) electrons. The molecule has 14 aromatic rings. The summed E-state index contributed by atoms with van der Waals surface area (Å²) in [5, 5.41) is 9.12. The van der Waals surface area contributed by atoms with Crippen molar-refractivity contribution in [2.75, 3.05) is 0 Å². The maximum absolute atomic E-state index is 6.85. The predicted octanol–water partition coefficient (Wildman–Crippen LogP) is 15.8. The van der Waals surface area contributed by atoms with Crippen molar-refractivity contribution in [1.82, 2.24) is 24.1 Å². The van der Waals surface area contributed by atoms with Crippen LogP contribution in [0.15, 0.2) is 229 Å². The van der Waals surface area contributed by atoms with E-state index in [1.807, 2.05) is 18.2 Å². The molecule has 0 N–H and O–H groups in total. The maximum Gasteiger partial charge on any atom is 0.167 e. The minimum atomic E-state index is 0.519. The Morgan fingerprint density at radius 2 is 0.851 bits per heavy atom. The summed E-state index contributed by atoms with van der Waals surface area (Å²) in [4.78, 5) is 16.2. The first-order chi connectivity index (χ1) is 33.2. The van der Waals surface area contributed by atoms with Crippen LogP contribution in [0, 0.1) is 0 Å². The molecule has 0 saturated carbocycles. The summed E-state index contributed by atoms with van der Waals surface area (Å²) < 4.78 is 11.6. The third-order valence-electron chi connectivity index (χ3n) is 13.3. The van der Waals surface area contributed by atoms with Crippen LogP contribution in [0.3, 0.4) is 0 Å². The zero-order chi connectivity index (χ0) is 44.0. The number of benzene rings is 10. The van der Waals surface area contributed by atoms with E-state index in [9.17, 15) is 0 Å². The number of para-hydroxylation sites is 4. The van der Waals surface area contributed by atoms with Crippen LogP contribution < -0.4 is 0 Å². The molecular formula is C61H37N5O. The Labute approximate surface area is 384 Å². The van der Waals surface area contributed by atoms with E-state index in [-0.39, 0.29) is 0 Å². The molecule has 0 bridgehead atoms. The Morgan fingerprint density at radius 1 is 0.299 bits per heavy atom. The van der Waals surface area contributed by atoms with Gasteiger partial charge in [-0.2, -0.15) is 0 Å². The Kier molecular flexibility index (Phi) is 8.18. The van der Waals surface area contributed by atoms with E-state index in [1.54, 1.807) is 0 Å². The van der Waals surface area contributed by atoms with E-state index in [4.69, 9.17) is 19.4 Å². The van der Waals surface area contributed by atoms with Crippen molar-refractivity contribution in [3.63, 3.8) is 0 Å². The lowest BCUT2D eigenvalue weighted by molar-refractivity contribution is 0.669. The summed E-state index contributed by atoms with van der Waals surface area (Å²) in [5.74, 6) is 1.65. The van der Waals surface area contributed by atoms with Crippen molar-refractivity contribution < 1.29 is 4.42 Å². The molecule has 0 atom stereocenters. The number of hydrogen-bond acceptors (Lipinski definition) is 4. The highest BCUT2D eigenvalue weighted by atomic mass is 16.3. The smallest absolute Gasteiger partial charge is 0.167 e. The first-order valence-corrected chi connectivity index (χ1v) is 22.6. The topological polar surface area (TPSA) is 61.7 Å². The largest absolute Gasteiger partial charge is 0.455 e. The van der Waals surface area contributed by atoms with Gasteiger partial charge in [0.1, 0.15) is 11.2 Å². The molecule has 0 spiro atoms. The number of aromatic nitrogens is 5. The first-order valence-electron chi connectivity index (χ1n) is 22.6. The zero-order valence-electron chi connectivity index (χ0n) is 36.0. The zero-order valence-corrected chi connectivity index (χ0v) is 36.0. The number of rotatable bonds is 6. The van der Waals surface area contributed by atoms with E-state index in [0.717, 1.165) is 88.6 Å². The van der Waals surface area contributed by atoms with Crippen LogP contribution in [0.1, 0.15) is 0 Å². The van der Waals surface area contributed by atoms with Crippen LogP contribution in [-0.4, -0.2) is 24.1 Å². The van der Waals surface area contributed by atoms with Crippen LogP contribution >= 0.6 is 0 Å². The van der Waals surface area contributed by atoms with Gasteiger partial charge in [0, 0.05) is 54.8 Å². The molecule has 0 aliphatic heterocycles. The Hall–Kier alpha value is -9.13. The molecule has 10 aromatic carbocycles. The SMILES string of the molecule is c1ccc(-c2cccc(-c3nc(-c4ccc5c6ccccc6n(-c6ccccc6)c5c4)nc(-c4cc(-n5c6ccccc6c6cc7ccccc7cc65)cc5c4oc4ccccc45)n3)c2)cc1. The lowest BCUT2D eigenvalue weighted by Crippen LogP contribution is -2.02. The van der Waals surface area contributed by atoms with Crippen molar-refractivity contribution in [2.45, 2.75) is 0 Å². The summed E-state index contributed by atoms with van der Waals surface area (Å²) in [6.45, 7) is 0. The van der Waals surface area contributed by atoms with Gasteiger partial charge in [-0.1, -0.05) is 158 Å². The van der Waals surface area contributed by atoms with Gasteiger partial charge in [0.05, 0.1) is 27.6 Å². The van der Waals surface area contributed by atoms with Crippen molar-refractivity contribution in [1.29, 1.82) is 0 Å². The molecule has 312 valence electrons. The van der Waals surface area contributed by atoms with Crippen LogP contribution in [-0.2, 0) is 0 Å². The molecule has 4 heterocycles. The van der Waals surface area contributed by atoms with Crippen LogP contribution in [0.2, 0.25) is 0 Å². The van der Waals surface area contributed by atoms with Gasteiger partial charge in [0.2, 0.25) is 0 Å². The molecule has 0 aliphatic carbocycles. The van der Waals surface area contributed by atoms with Crippen molar-refractivity contribution in [3.05, 3.63) is 224 Å². The number of furan rings is 1. The number of hydrogen-bond donors (Lipinski definition) is 0. The lowest BCUT2D eigenvalue weighted by atomic mass is 10.0. The van der Waals surface area contributed by atoms with Crippen LogP contribution in [0.5, 0.6) is 0 Å². The third kappa shape index (κ3) is 5.93. The molecule has 0 unspecified atom stereocenters. The van der Waals surface area contributed by atoms with Gasteiger partial charge in [-0.3, -0.25) is 0 Å². The summed E-state index contributed by atoms with van der Waals surface area (Å²) in [7, 11) is 0. The van der Waals surface area contributed by atoms with E-state index in [1.165, 1.54) is 26.9 Å². The van der Waals surface area contributed by atoms with Crippen molar-refractivity contribution in [2.24, 2.45) is 0 Å². The van der Waals surface area contributed by atoms with E-state index in [0.29, 0.717) is 17.5 Å². The second kappa shape index (κ2) is 14.7. The minimum Gasteiger partial charge on any atom is -0.455 e. The minimum absolute atomic E-state index is 0.519. The standard InChI is InChI=1S/C61H37N5O/c1-3-16-38(17-4-1)39-20-15-21-42(32-39)59-62-60(43-30-31-48-46-24-9-12-27-53(46)65(55(48)35-43)44-22-5-2-6-23-44)64-61(63-59)52-37-45(36-51-49-26-11-14-29-57(49)67-58(51)52)66-54-28-13-10-25-47(54)50-33-40-18-7-8-19-41(40)34-56(50)66/h1-37H. The quantitative estimate of drug-likeness (QED) is 0.167. The molecule has 6 nitrogen and oxygen atoms in total. The molecular weight excluding hydrogens is 819 g/mol. The summed E-state index contributed by atoms with van der Waals surface area (Å²) in [6.07, 6.45) is 0. The molecule has 0 fully saturated rings. The number of nitrogens with zero attached hydrogens (tertiary/aromatic N) is 5. The van der Waals surface area contributed by atoms with Gasteiger partial charge in [-0.05, 0) is 88.6 Å². The van der Waals surface area contributed by atoms with Crippen molar-refractivity contribution >= 4 is 76.3 Å². The van der Waals surface area contributed by atoms with Gasteiger partial charge in [-0.15, -0.1) is 0 Å². The van der Waals surface area contributed by atoms with Gasteiger partial charge in [-0.25, -0.2) is 15.0 Å². The van der Waals surface area contributed by atoms with Crippen LogP contribution in [0.4, 0.5) is 0 Å². The fraction of sp³-hybridized carbons (Fsp3) is 0. The van der Waals surface area contributed by atoms with Gasteiger partial charge >= 0.3 is 0 Å². The normalized spacial score (nSPS) is 11.9. The van der Waals surface area contributed by atoms with E-state index < -0.39 is 0 Å². The fourth-order valence-corrected chi connectivity index (χ4v) is 10.2. The predicted molar refractivity (Wildman–Crippen MR) is 275 cm³/mol. The second-order valence-corrected chi connectivity index (χ2v) is 17.2. The Bertz CT molecular complexity index is 4280. The molecule has 0 aliphatic rings. The Balaban J connectivity index is 1.06.